The molecule has 0 unspecified atom stereocenters. The van der Waals surface area contributed by atoms with Crippen molar-refractivity contribution in [1.82, 2.24) is 0 Å². The number of alkyl halides is 1. The van der Waals surface area contributed by atoms with Gasteiger partial charge in [0.2, 0.25) is 0 Å². The molecule has 38 heavy (non-hydrogen) atoms. The summed E-state index contributed by atoms with van der Waals surface area (Å²) in [5.74, 6) is 0.836. The third kappa shape index (κ3) is 36.4. The van der Waals surface area contributed by atoms with Gasteiger partial charge in [-0.15, -0.1) is 11.6 Å². The van der Waals surface area contributed by atoms with Crippen molar-refractivity contribution in [3.8, 4) is 0 Å². The van der Waals surface area contributed by atoms with Gasteiger partial charge in [0.1, 0.15) is 0 Å². The Hall–Kier alpha value is 0.440. The molecule has 0 fully saturated rings. The molecule has 0 bridgehead atoms. The standard InChI is InChI=1S/C33H68ClO3P/c34-32-30-28-26-24-22-20-18-16-14-12-10-8-6-4-2-1-3-5-7-9-11-13-15-17-19-21-23-25-27-29-31-33-38(35,36)37/h1-33H2,(H2,35,36,37). The van der Waals surface area contributed by atoms with Gasteiger partial charge in [-0.25, -0.2) is 0 Å². The molecule has 0 aromatic heterocycles. The number of halogens is 1. The van der Waals surface area contributed by atoms with Gasteiger partial charge in [-0.3, -0.25) is 4.57 Å². The van der Waals surface area contributed by atoms with Crippen molar-refractivity contribution in [2.75, 3.05) is 12.0 Å². The van der Waals surface area contributed by atoms with Gasteiger partial charge in [-0.2, -0.15) is 0 Å². The van der Waals surface area contributed by atoms with Crippen LogP contribution in [-0.2, 0) is 4.57 Å². The Morgan fingerprint density at radius 1 is 0.316 bits per heavy atom. The van der Waals surface area contributed by atoms with E-state index in [1.165, 1.54) is 180 Å². The van der Waals surface area contributed by atoms with E-state index in [4.69, 9.17) is 21.4 Å². The van der Waals surface area contributed by atoms with Crippen molar-refractivity contribution in [3.63, 3.8) is 0 Å². The van der Waals surface area contributed by atoms with Gasteiger partial charge in [0, 0.05) is 12.0 Å². The van der Waals surface area contributed by atoms with E-state index in [-0.39, 0.29) is 6.16 Å². The average Bonchev–Trinajstić information content (AvgIpc) is 2.88. The number of unbranched alkanes of at least 4 members (excludes halogenated alkanes) is 30. The molecule has 0 atom stereocenters. The minimum Gasteiger partial charge on any atom is -0.324 e. The van der Waals surface area contributed by atoms with Gasteiger partial charge in [-0.05, 0) is 12.8 Å². The summed E-state index contributed by atoms with van der Waals surface area (Å²) < 4.78 is 10.8. The quantitative estimate of drug-likeness (QED) is 0.0462. The third-order valence-electron chi connectivity index (χ3n) is 8.08. The molecule has 3 nitrogen and oxygen atoms in total. The molecule has 0 heterocycles. The van der Waals surface area contributed by atoms with Crippen LogP contribution in [0.5, 0.6) is 0 Å². The lowest BCUT2D eigenvalue weighted by Gasteiger charge is -2.05. The van der Waals surface area contributed by atoms with Crippen molar-refractivity contribution in [2.24, 2.45) is 0 Å². The Kier molecular flexibility index (Phi) is 32.3. The van der Waals surface area contributed by atoms with Gasteiger partial charge in [0.15, 0.2) is 0 Å². The summed E-state index contributed by atoms with van der Waals surface area (Å²) >= 11 is 5.72. The SMILES string of the molecule is O=P(O)(O)CCCCCCCCCCCCCCCCCCCCCCCCCCCCCCCCCCl. The second-order valence-electron chi connectivity index (χ2n) is 12.0. The smallest absolute Gasteiger partial charge is 0.324 e. The number of hydrogen-bond acceptors (Lipinski definition) is 1. The summed E-state index contributed by atoms with van der Waals surface area (Å²) in [6, 6.07) is 0. The van der Waals surface area contributed by atoms with Gasteiger partial charge >= 0.3 is 7.60 Å². The molecular weight excluding hydrogens is 511 g/mol. The molecule has 0 saturated carbocycles. The molecule has 0 amide bonds. The first-order valence-corrected chi connectivity index (χ1v) is 19.5. The van der Waals surface area contributed by atoms with E-state index in [1.807, 2.05) is 0 Å². The molecule has 0 aliphatic carbocycles. The topological polar surface area (TPSA) is 57.5 Å². The monoisotopic (exact) mass is 578 g/mol. The van der Waals surface area contributed by atoms with Crippen LogP contribution < -0.4 is 0 Å². The Bertz CT molecular complexity index is 483. The Balaban J connectivity index is 3.04. The highest BCUT2D eigenvalue weighted by Gasteiger charge is 2.10. The molecule has 0 aliphatic rings. The maximum Gasteiger partial charge on any atom is 0.325 e. The highest BCUT2D eigenvalue weighted by Crippen LogP contribution is 2.35. The van der Waals surface area contributed by atoms with Gasteiger partial charge in [0.25, 0.3) is 0 Å². The van der Waals surface area contributed by atoms with Crippen LogP contribution in [-0.4, -0.2) is 21.8 Å². The predicted octanol–water partition coefficient (Wildman–Crippen LogP) is 12.5. The van der Waals surface area contributed by atoms with Crippen molar-refractivity contribution >= 4 is 19.2 Å². The fourth-order valence-corrected chi connectivity index (χ4v) is 6.36. The molecule has 2 N–H and O–H groups in total. The second-order valence-corrected chi connectivity index (χ2v) is 14.2. The average molecular weight is 579 g/mol. The van der Waals surface area contributed by atoms with E-state index >= 15 is 0 Å². The van der Waals surface area contributed by atoms with Crippen LogP contribution in [0.25, 0.3) is 0 Å². The second kappa shape index (κ2) is 32.0. The fraction of sp³-hybridized carbons (Fsp3) is 1.00. The Morgan fingerprint density at radius 2 is 0.474 bits per heavy atom. The van der Waals surface area contributed by atoms with Crippen LogP contribution in [0.2, 0.25) is 0 Å². The minimum atomic E-state index is -3.77. The molecule has 0 aromatic carbocycles. The van der Waals surface area contributed by atoms with Gasteiger partial charge in [0.05, 0.1) is 0 Å². The summed E-state index contributed by atoms with van der Waals surface area (Å²) in [6.07, 6.45) is 42.2. The summed E-state index contributed by atoms with van der Waals surface area (Å²) in [6.45, 7) is 0. The van der Waals surface area contributed by atoms with E-state index in [9.17, 15) is 4.57 Å². The van der Waals surface area contributed by atoms with Crippen molar-refractivity contribution in [1.29, 1.82) is 0 Å². The molecule has 0 rings (SSSR count). The predicted molar refractivity (Wildman–Crippen MR) is 171 cm³/mol. The fourth-order valence-electron chi connectivity index (χ4n) is 5.54. The molecule has 5 heteroatoms. The lowest BCUT2D eigenvalue weighted by molar-refractivity contribution is 0.370. The first-order chi connectivity index (χ1) is 18.6. The van der Waals surface area contributed by atoms with Crippen LogP contribution in [0.4, 0.5) is 0 Å². The van der Waals surface area contributed by atoms with Crippen LogP contribution in [0.1, 0.15) is 199 Å². The molecule has 230 valence electrons. The van der Waals surface area contributed by atoms with E-state index in [2.05, 4.69) is 0 Å². The van der Waals surface area contributed by atoms with E-state index in [0.29, 0.717) is 6.42 Å². The summed E-state index contributed by atoms with van der Waals surface area (Å²) in [5.41, 5.74) is 0. The maximum atomic E-state index is 10.8. The van der Waals surface area contributed by atoms with Crippen LogP contribution in [0.15, 0.2) is 0 Å². The maximum absolute atomic E-state index is 10.8. The number of rotatable bonds is 33. The van der Waals surface area contributed by atoms with Crippen molar-refractivity contribution in [3.05, 3.63) is 0 Å². The highest BCUT2D eigenvalue weighted by atomic mass is 35.5. The lowest BCUT2D eigenvalue weighted by atomic mass is 10.0. The summed E-state index contributed by atoms with van der Waals surface area (Å²) in [5, 5.41) is 0. The van der Waals surface area contributed by atoms with Crippen molar-refractivity contribution < 1.29 is 14.4 Å². The zero-order valence-electron chi connectivity index (χ0n) is 25.5. The van der Waals surface area contributed by atoms with Crippen molar-refractivity contribution in [2.45, 2.75) is 199 Å². The summed E-state index contributed by atoms with van der Waals surface area (Å²) in [4.78, 5) is 17.7. The molecule has 0 spiro atoms. The van der Waals surface area contributed by atoms with Crippen LogP contribution >= 0.6 is 19.2 Å². The Morgan fingerprint density at radius 3 is 0.632 bits per heavy atom. The molecule has 0 saturated heterocycles. The van der Waals surface area contributed by atoms with Gasteiger partial charge < -0.3 is 9.79 Å². The molecule has 0 radical (unpaired) electrons. The largest absolute Gasteiger partial charge is 0.325 e. The molecule has 0 aromatic rings. The minimum absolute atomic E-state index is 0.0602. The zero-order chi connectivity index (χ0) is 27.8. The van der Waals surface area contributed by atoms with E-state index in [1.54, 1.807) is 0 Å². The van der Waals surface area contributed by atoms with Crippen LogP contribution in [0, 0.1) is 0 Å². The van der Waals surface area contributed by atoms with Crippen LogP contribution in [0.3, 0.4) is 0 Å². The molecular formula is C33H68ClO3P. The zero-order valence-corrected chi connectivity index (χ0v) is 27.1. The van der Waals surface area contributed by atoms with E-state index in [0.717, 1.165) is 18.7 Å². The van der Waals surface area contributed by atoms with Gasteiger partial charge in [-0.1, -0.05) is 186 Å². The Labute approximate surface area is 244 Å². The normalized spacial score (nSPS) is 12.0. The summed E-state index contributed by atoms with van der Waals surface area (Å²) in [7, 11) is -3.77. The lowest BCUT2D eigenvalue weighted by Crippen LogP contribution is -1.88. The first-order valence-electron chi connectivity index (χ1n) is 17.2. The highest BCUT2D eigenvalue weighted by molar-refractivity contribution is 7.51. The first kappa shape index (κ1) is 38.4. The molecule has 0 aliphatic heterocycles. The number of hydrogen-bond donors (Lipinski definition) is 2. The third-order valence-corrected chi connectivity index (χ3v) is 9.25. The van der Waals surface area contributed by atoms with E-state index < -0.39 is 7.60 Å².